The molecule has 9 heteroatoms. The highest BCUT2D eigenvalue weighted by molar-refractivity contribution is 8.18. The number of benzene rings is 1. The maximum Gasteiger partial charge on any atom is 0.293 e. The molecule has 134 valence electrons. The number of hydrogen-bond acceptors (Lipinski definition) is 5. The average Bonchev–Trinajstić information content (AvgIpc) is 3.18. The van der Waals surface area contributed by atoms with Crippen LogP contribution in [0.1, 0.15) is 15.2 Å². The van der Waals surface area contributed by atoms with Gasteiger partial charge in [0, 0.05) is 18.0 Å². The number of imide groups is 1. The summed E-state index contributed by atoms with van der Waals surface area (Å²) >= 11 is 2.25. The largest absolute Gasteiger partial charge is 0.350 e. The van der Waals surface area contributed by atoms with Crippen molar-refractivity contribution < 1.29 is 23.2 Å². The lowest BCUT2D eigenvalue weighted by Crippen LogP contribution is -2.37. The molecule has 1 aromatic heterocycles. The van der Waals surface area contributed by atoms with Crippen LogP contribution in [0.5, 0.6) is 0 Å². The number of amides is 3. The fourth-order valence-corrected chi connectivity index (χ4v) is 3.87. The van der Waals surface area contributed by atoms with Crippen LogP contribution in [0.2, 0.25) is 0 Å². The first-order chi connectivity index (χ1) is 12.5. The third kappa shape index (κ3) is 3.83. The Balaban J connectivity index is 1.61. The molecular formula is C17H12F2N2O3S2. The number of rotatable bonds is 5. The fourth-order valence-electron chi connectivity index (χ4n) is 2.28. The molecule has 2 heterocycles. The predicted molar refractivity (Wildman–Crippen MR) is 95.7 cm³/mol. The van der Waals surface area contributed by atoms with Gasteiger partial charge in [0.05, 0.1) is 4.91 Å². The van der Waals surface area contributed by atoms with Crippen molar-refractivity contribution in [2.24, 2.45) is 0 Å². The van der Waals surface area contributed by atoms with Crippen LogP contribution in [0, 0.1) is 11.6 Å². The minimum absolute atomic E-state index is 0.0890. The van der Waals surface area contributed by atoms with E-state index in [4.69, 9.17) is 0 Å². The van der Waals surface area contributed by atoms with Crippen LogP contribution < -0.4 is 5.32 Å². The third-order valence-corrected chi connectivity index (χ3v) is 5.23. The minimum atomic E-state index is -0.979. The van der Waals surface area contributed by atoms with E-state index in [2.05, 4.69) is 5.32 Å². The molecule has 1 saturated heterocycles. The first-order valence-electron chi connectivity index (χ1n) is 7.48. The number of thioether (sulfide) groups is 1. The molecule has 0 unspecified atom stereocenters. The van der Waals surface area contributed by atoms with E-state index in [1.807, 2.05) is 17.5 Å². The Morgan fingerprint density at radius 3 is 2.54 bits per heavy atom. The highest BCUT2D eigenvalue weighted by Gasteiger charge is 2.34. The summed E-state index contributed by atoms with van der Waals surface area (Å²) in [6.07, 6.45) is 1.63. The molecule has 0 radical (unpaired) electrons. The summed E-state index contributed by atoms with van der Waals surface area (Å²) in [6.45, 7) is -0.203. The Bertz CT molecular complexity index is 877. The number of carbonyl (C=O) groups is 3. The quantitative estimate of drug-likeness (QED) is 0.789. The fraction of sp³-hybridized carbons (Fsp3) is 0.118. The number of thiophene rings is 1. The first kappa shape index (κ1) is 18.3. The van der Waals surface area contributed by atoms with Crippen LogP contribution in [0.15, 0.2) is 40.6 Å². The van der Waals surface area contributed by atoms with Crippen molar-refractivity contribution in [3.05, 3.63) is 62.7 Å². The molecule has 5 nitrogen and oxygen atoms in total. The minimum Gasteiger partial charge on any atom is -0.350 e. The molecule has 0 atom stereocenters. The summed E-state index contributed by atoms with van der Waals surface area (Å²) in [5, 5.41) is 3.72. The van der Waals surface area contributed by atoms with Crippen LogP contribution in [0.3, 0.4) is 0 Å². The second kappa shape index (κ2) is 7.79. The Morgan fingerprint density at radius 2 is 1.88 bits per heavy atom. The lowest BCUT2D eigenvalue weighted by molar-refractivity contribution is -0.122. The van der Waals surface area contributed by atoms with Crippen molar-refractivity contribution in [3.8, 4) is 0 Å². The molecular weight excluding hydrogens is 382 g/mol. The van der Waals surface area contributed by atoms with Gasteiger partial charge in [-0.25, -0.2) is 8.78 Å². The molecule has 2 aromatic rings. The Labute approximate surface area is 155 Å². The highest BCUT2D eigenvalue weighted by Crippen LogP contribution is 2.32. The summed E-state index contributed by atoms with van der Waals surface area (Å²) < 4.78 is 27.1. The third-order valence-electron chi connectivity index (χ3n) is 3.50. The number of hydrogen-bond donors (Lipinski definition) is 1. The SMILES string of the molecule is O=C(NCCN1C(=O)S/C(=C/c2cccs2)C1=O)c1c(F)cccc1F. The number of nitrogens with one attached hydrogen (secondary N) is 1. The lowest BCUT2D eigenvalue weighted by Gasteiger charge is -2.13. The van der Waals surface area contributed by atoms with Gasteiger partial charge in [-0.3, -0.25) is 19.3 Å². The molecule has 1 aliphatic rings. The van der Waals surface area contributed by atoms with Crippen LogP contribution in [0.4, 0.5) is 13.6 Å². The summed E-state index contributed by atoms with van der Waals surface area (Å²) in [5.41, 5.74) is -0.695. The number of halogens is 2. The van der Waals surface area contributed by atoms with Gasteiger partial charge >= 0.3 is 0 Å². The summed E-state index contributed by atoms with van der Waals surface area (Å²) in [6, 6.07) is 6.76. The maximum atomic E-state index is 13.6. The second-order valence-electron chi connectivity index (χ2n) is 5.20. The second-order valence-corrected chi connectivity index (χ2v) is 7.17. The van der Waals surface area contributed by atoms with Gasteiger partial charge in [0.25, 0.3) is 17.1 Å². The molecule has 0 aliphatic carbocycles. The lowest BCUT2D eigenvalue weighted by atomic mass is 10.2. The van der Waals surface area contributed by atoms with Crippen molar-refractivity contribution in [3.63, 3.8) is 0 Å². The highest BCUT2D eigenvalue weighted by atomic mass is 32.2. The zero-order chi connectivity index (χ0) is 18.7. The van der Waals surface area contributed by atoms with Crippen molar-refractivity contribution in [1.29, 1.82) is 0 Å². The van der Waals surface area contributed by atoms with Gasteiger partial charge in [-0.15, -0.1) is 11.3 Å². The zero-order valence-electron chi connectivity index (χ0n) is 13.2. The van der Waals surface area contributed by atoms with E-state index in [9.17, 15) is 23.2 Å². The van der Waals surface area contributed by atoms with Crippen molar-refractivity contribution in [2.75, 3.05) is 13.1 Å². The zero-order valence-corrected chi connectivity index (χ0v) is 14.8. The average molecular weight is 394 g/mol. The maximum absolute atomic E-state index is 13.6. The van der Waals surface area contributed by atoms with E-state index < -0.39 is 34.3 Å². The van der Waals surface area contributed by atoms with Crippen LogP contribution in [-0.2, 0) is 4.79 Å². The molecule has 0 spiro atoms. The van der Waals surface area contributed by atoms with Gasteiger partial charge < -0.3 is 5.32 Å². The molecule has 3 rings (SSSR count). The van der Waals surface area contributed by atoms with Crippen molar-refractivity contribution in [1.82, 2.24) is 10.2 Å². The first-order valence-corrected chi connectivity index (χ1v) is 9.18. The predicted octanol–water partition coefficient (Wildman–Crippen LogP) is 3.49. The molecule has 0 bridgehead atoms. The van der Waals surface area contributed by atoms with Gasteiger partial charge in [-0.05, 0) is 41.4 Å². The topological polar surface area (TPSA) is 66.5 Å². The van der Waals surface area contributed by atoms with Crippen molar-refractivity contribution >= 4 is 46.2 Å². The summed E-state index contributed by atoms with van der Waals surface area (Å²) in [7, 11) is 0. The van der Waals surface area contributed by atoms with E-state index >= 15 is 0 Å². The van der Waals surface area contributed by atoms with E-state index in [-0.39, 0.29) is 13.1 Å². The molecule has 1 N–H and O–H groups in total. The van der Waals surface area contributed by atoms with E-state index in [1.165, 1.54) is 11.3 Å². The summed E-state index contributed by atoms with van der Waals surface area (Å²) in [5.74, 6) is -3.36. The molecule has 0 saturated carbocycles. The van der Waals surface area contributed by atoms with Gasteiger partial charge in [0.15, 0.2) is 0 Å². The molecule has 1 aliphatic heterocycles. The summed E-state index contributed by atoms with van der Waals surface area (Å²) in [4.78, 5) is 38.3. The van der Waals surface area contributed by atoms with Crippen LogP contribution in [-0.4, -0.2) is 35.0 Å². The monoisotopic (exact) mass is 394 g/mol. The van der Waals surface area contributed by atoms with Gasteiger partial charge in [-0.1, -0.05) is 12.1 Å². The smallest absolute Gasteiger partial charge is 0.293 e. The van der Waals surface area contributed by atoms with Crippen LogP contribution in [0.25, 0.3) is 6.08 Å². The van der Waals surface area contributed by atoms with E-state index in [0.29, 0.717) is 4.91 Å². The Morgan fingerprint density at radius 1 is 1.15 bits per heavy atom. The van der Waals surface area contributed by atoms with E-state index in [1.54, 1.807) is 6.08 Å². The normalized spacial score (nSPS) is 15.8. The Hall–Kier alpha value is -2.52. The molecule has 1 fully saturated rings. The number of nitrogens with zero attached hydrogens (tertiary/aromatic N) is 1. The standard InChI is InChI=1S/C17H12F2N2O3S2/c18-11-4-1-5-12(19)14(11)15(22)20-6-7-21-16(23)13(26-17(21)24)9-10-3-2-8-25-10/h1-5,8-9H,6-7H2,(H,20,22)/b13-9+. The van der Waals surface area contributed by atoms with Gasteiger partial charge in [0.2, 0.25) is 0 Å². The van der Waals surface area contributed by atoms with Gasteiger partial charge in [-0.2, -0.15) is 0 Å². The molecule has 26 heavy (non-hydrogen) atoms. The Kier molecular flexibility index (Phi) is 5.48. The van der Waals surface area contributed by atoms with Crippen LogP contribution >= 0.6 is 23.1 Å². The molecule has 1 aromatic carbocycles. The number of carbonyl (C=O) groups excluding carboxylic acids is 3. The van der Waals surface area contributed by atoms with Crippen molar-refractivity contribution in [2.45, 2.75) is 0 Å². The molecule has 3 amide bonds. The van der Waals surface area contributed by atoms with Gasteiger partial charge in [0.1, 0.15) is 17.2 Å². The van der Waals surface area contributed by atoms with E-state index in [0.717, 1.165) is 39.7 Å².